The van der Waals surface area contributed by atoms with Gasteiger partial charge < -0.3 is 15.2 Å². The van der Waals surface area contributed by atoms with E-state index in [2.05, 4.69) is 0 Å². The third kappa shape index (κ3) is 2.03. The van der Waals surface area contributed by atoms with E-state index in [0.29, 0.717) is 5.92 Å². The number of rotatable bonds is 1. The Labute approximate surface area is 99.7 Å². The molecule has 0 aromatic heterocycles. The van der Waals surface area contributed by atoms with Gasteiger partial charge in [0, 0.05) is 30.6 Å². The summed E-state index contributed by atoms with van der Waals surface area (Å²) >= 11 is 0. The van der Waals surface area contributed by atoms with Crippen LogP contribution >= 0.6 is 0 Å². The molecule has 0 radical (unpaired) electrons. The average molecular weight is 237 g/mol. The molecule has 1 saturated heterocycles. The van der Waals surface area contributed by atoms with E-state index in [1.807, 2.05) is 0 Å². The Morgan fingerprint density at radius 1 is 1.35 bits per heavy atom. The fourth-order valence-corrected chi connectivity index (χ4v) is 2.64. The highest BCUT2D eigenvalue weighted by Gasteiger charge is 2.33. The Hall–Kier alpha value is -1.13. The molecule has 0 bridgehead atoms. The second-order valence-corrected chi connectivity index (χ2v) is 4.80. The number of hydrogen-bond acceptors (Lipinski definition) is 3. The van der Waals surface area contributed by atoms with E-state index in [1.54, 1.807) is 6.07 Å². The largest absolute Gasteiger partial charge is 0.490 e. The molecule has 0 amide bonds. The first-order chi connectivity index (χ1) is 8.24. The maximum Gasteiger partial charge on any atom is 0.124 e. The van der Waals surface area contributed by atoms with E-state index in [0.717, 1.165) is 37.4 Å². The number of benzene rings is 1. The minimum atomic E-state index is -0.259. The molecule has 3 nitrogen and oxygen atoms in total. The Bertz CT molecular complexity index is 418. The Kier molecular flexibility index (Phi) is 2.76. The quantitative estimate of drug-likeness (QED) is 0.812. The normalized spacial score (nSPS) is 32.0. The average Bonchev–Trinajstić information content (AvgIpc) is 2.83. The lowest BCUT2D eigenvalue weighted by Gasteiger charge is -2.33. The van der Waals surface area contributed by atoms with Crippen LogP contribution in [0.25, 0.3) is 0 Å². The fraction of sp³-hybridized carbons (Fsp3) is 0.538. The minimum Gasteiger partial charge on any atom is -0.490 e. The Morgan fingerprint density at radius 2 is 2.24 bits per heavy atom. The lowest BCUT2D eigenvalue weighted by Crippen LogP contribution is -2.35. The second kappa shape index (κ2) is 4.27. The zero-order chi connectivity index (χ0) is 11.8. The summed E-state index contributed by atoms with van der Waals surface area (Å²) in [5.41, 5.74) is 6.86. The topological polar surface area (TPSA) is 44.5 Å². The molecule has 4 heteroatoms. The van der Waals surface area contributed by atoms with Crippen molar-refractivity contribution < 1.29 is 13.9 Å². The maximum absolute atomic E-state index is 13.1. The lowest BCUT2D eigenvalue weighted by molar-refractivity contribution is 0.0853. The van der Waals surface area contributed by atoms with Gasteiger partial charge in [-0.15, -0.1) is 0 Å². The summed E-state index contributed by atoms with van der Waals surface area (Å²) < 4.78 is 24.4. The van der Waals surface area contributed by atoms with Gasteiger partial charge in [0.2, 0.25) is 0 Å². The summed E-state index contributed by atoms with van der Waals surface area (Å²) in [6.45, 7) is 1.55. The summed E-state index contributed by atoms with van der Waals surface area (Å²) in [5, 5.41) is 0. The third-order valence-corrected chi connectivity index (χ3v) is 3.63. The van der Waals surface area contributed by atoms with Crippen LogP contribution in [0.3, 0.4) is 0 Å². The molecular weight excluding hydrogens is 221 g/mol. The van der Waals surface area contributed by atoms with Crippen LogP contribution in [0.5, 0.6) is 5.75 Å². The molecule has 0 spiro atoms. The SMILES string of the molecule is NC1CC(C2CCOC2)Oc2ccc(F)cc21. The van der Waals surface area contributed by atoms with Crippen molar-refractivity contribution in [2.24, 2.45) is 11.7 Å². The number of ether oxygens (including phenoxy) is 2. The molecule has 0 aliphatic carbocycles. The zero-order valence-corrected chi connectivity index (χ0v) is 9.56. The van der Waals surface area contributed by atoms with E-state index in [4.69, 9.17) is 15.2 Å². The maximum atomic E-state index is 13.1. The van der Waals surface area contributed by atoms with Crippen LogP contribution in [-0.4, -0.2) is 19.3 Å². The molecule has 1 fully saturated rings. The number of halogens is 1. The second-order valence-electron chi connectivity index (χ2n) is 4.80. The van der Waals surface area contributed by atoms with Gasteiger partial charge in [0.25, 0.3) is 0 Å². The van der Waals surface area contributed by atoms with Gasteiger partial charge in [0.1, 0.15) is 17.7 Å². The molecule has 2 heterocycles. The van der Waals surface area contributed by atoms with Gasteiger partial charge >= 0.3 is 0 Å². The number of nitrogens with two attached hydrogens (primary N) is 1. The van der Waals surface area contributed by atoms with E-state index in [9.17, 15) is 4.39 Å². The van der Waals surface area contributed by atoms with Gasteiger partial charge in [-0.25, -0.2) is 4.39 Å². The van der Waals surface area contributed by atoms with Crippen LogP contribution in [-0.2, 0) is 4.74 Å². The van der Waals surface area contributed by atoms with Crippen molar-refractivity contribution in [1.29, 1.82) is 0 Å². The van der Waals surface area contributed by atoms with Gasteiger partial charge in [0.15, 0.2) is 0 Å². The van der Waals surface area contributed by atoms with Gasteiger partial charge in [-0.1, -0.05) is 0 Å². The molecule has 2 N–H and O–H groups in total. The van der Waals surface area contributed by atoms with E-state index >= 15 is 0 Å². The first-order valence-corrected chi connectivity index (χ1v) is 6.03. The molecule has 2 aliphatic rings. The molecule has 3 atom stereocenters. The van der Waals surface area contributed by atoms with Crippen molar-refractivity contribution >= 4 is 0 Å². The van der Waals surface area contributed by atoms with E-state index in [-0.39, 0.29) is 18.0 Å². The van der Waals surface area contributed by atoms with E-state index < -0.39 is 0 Å². The standard InChI is InChI=1S/C13H16FNO2/c14-9-1-2-12-10(5-9)11(15)6-13(17-12)8-3-4-16-7-8/h1-2,5,8,11,13H,3-4,6-7,15H2. The Balaban J connectivity index is 1.84. The van der Waals surface area contributed by atoms with Crippen LogP contribution in [0, 0.1) is 11.7 Å². The van der Waals surface area contributed by atoms with Crippen molar-refractivity contribution in [3.8, 4) is 5.75 Å². The summed E-state index contributed by atoms with van der Waals surface area (Å²) in [4.78, 5) is 0. The van der Waals surface area contributed by atoms with Crippen molar-refractivity contribution in [3.05, 3.63) is 29.6 Å². The highest BCUT2D eigenvalue weighted by Crippen LogP contribution is 2.37. The number of fused-ring (bicyclic) bond motifs is 1. The van der Waals surface area contributed by atoms with Gasteiger partial charge in [-0.2, -0.15) is 0 Å². The van der Waals surface area contributed by atoms with Gasteiger partial charge in [0.05, 0.1) is 6.61 Å². The summed E-state index contributed by atoms with van der Waals surface area (Å²) in [6, 6.07) is 4.42. The van der Waals surface area contributed by atoms with Gasteiger partial charge in [-0.05, 0) is 24.6 Å². The van der Waals surface area contributed by atoms with Crippen molar-refractivity contribution in [2.75, 3.05) is 13.2 Å². The summed E-state index contributed by atoms with van der Waals surface area (Å²) in [5.74, 6) is 0.881. The number of hydrogen-bond donors (Lipinski definition) is 1. The molecule has 2 aliphatic heterocycles. The van der Waals surface area contributed by atoms with Crippen LogP contribution in [0.1, 0.15) is 24.4 Å². The predicted molar refractivity (Wildman–Crippen MR) is 61.3 cm³/mol. The first-order valence-electron chi connectivity index (χ1n) is 6.03. The molecule has 3 unspecified atom stereocenters. The van der Waals surface area contributed by atoms with E-state index in [1.165, 1.54) is 12.1 Å². The van der Waals surface area contributed by atoms with Crippen LogP contribution < -0.4 is 10.5 Å². The zero-order valence-electron chi connectivity index (χ0n) is 9.56. The molecule has 1 aromatic carbocycles. The Morgan fingerprint density at radius 3 is 3.00 bits per heavy atom. The minimum absolute atomic E-state index is 0.102. The highest BCUT2D eigenvalue weighted by molar-refractivity contribution is 5.38. The monoisotopic (exact) mass is 237 g/mol. The van der Waals surface area contributed by atoms with Crippen molar-refractivity contribution in [1.82, 2.24) is 0 Å². The highest BCUT2D eigenvalue weighted by atomic mass is 19.1. The van der Waals surface area contributed by atoms with Gasteiger partial charge in [-0.3, -0.25) is 0 Å². The first kappa shape index (κ1) is 11.0. The third-order valence-electron chi connectivity index (χ3n) is 3.63. The summed E-state index contributed by atoms with van der Waals surface area (Å²) in [6.07, 6.45) is 1.86. The van der Waals surface area contributed by atoms with Crippen molar-refractivity contribution in [3.63, 3.8) is 0 Å². The lowest BCUT2D eigenvalue weighted by atomic mass is 9.90. The molecule has 0 saturated carbocycles. The van der Waals surface area contributed by atoms with Crippen molar-refractivity contribution in [2.45, 2.75) is 25.0 Å². The van der Waals surface area contributed by atoms with Crippen LogP contribution in [0.15, 0.2) is 18.2 Å². The predicted octanol–water partition coefficient (Wildman–Crippen LogP) is 2.01. The molecule has 17 heavy (non-hydrogen) atoms. The summed E-state index contributed by atoms with van der Waals surface area (Å²) in [7, 11) is 0. The smallest absolute Gasteiger partial charge is 0.124 e. The molecule has 1 aromatic rings. The molecular formula is C13H16FNO2. The molecule has 92 valence electrons. The fourth-order valence-electron chi connectivity index (χ4n) is 2.64. The van der Waals surface area contributed by atoms with Crippen LogP contribution in [0.2, 0.25) is 0 Å². The molecule has 3 rings (SSSR count). The van der Waals surface area contributed by atoms with Crippen LogP contribution in [0.4, 0.5) is 4.39 Å².